The van der Waals surface area contributed by atoms with Crippen LogP contribution in [0.3, 0.4) is 0 Å². The normalized spacial score (nSPS) is 20.2. The number of aromatic nitrogens is 1. The van der Waals surface area contributed by atoms with Gasteiger partial charge in [0.1, 0.15) is 12.4 Å². The van der Waals surface area contributed by atoms with Gasteiger partial charge in [0.2, 0.25) is 0 Å². The van der Waals surface area contributed by atoms with Crippen LogP contribution in [0.5, 0.6) is 0 Å². The molecule has 0 aliphatic carbocycles. The minimum absolute atomic E-state index is 0.0301. The van der Waals surface area contributed by atoms with Gasteiger partial charge in [0, 0.05) is 12.7 Å². The number of guanidine groups is 1. The maximum Gasteiger partial charge on any atom is 0.338 e. The maximum absolute atomic E-state index is 10.6. The lowest BCUT2D eigenvalue weighted by Gasteiger charge is -2.43. The number of nitrogens with zero attached hydrogens (tertiary/aromatic N) is 3. The van der Waals surface area contributed by atoms with Gasteiger partial charge >= 0.3 is 14.8 Å². The van der Waals surface area contributed by atoms with Gasteiger partial charge in [0.15, 0.2) is 5.96 Å². The Balaban J connectivity index is 2.25. The molecule has 7 nitrogen and oxygen atoms in total. The summed E-state index contributed by atoms with van der Waals surface area (Å²) in [5.41, 5.74) is 3.03. The van der Waals surface area contributed by atoms with Crippen LogP contribution in [0, 0.1) is 12.3 Å². The van der Waals surface area contributed by atoms with Crippen molar-refractivity contribution in [3.8, 4) is 0 Å². The summed E-state index contributed by atoms with van der Waals surface area (Å²) in [6.45, 7) is 8.62. The molecule has 1 fully saturated rings. The number of aryl methyl sites for hydroxylation is 1. The van der Waals surface area contributed by atoms with Crippen molar-refractivity contribution in [3.63, 3.8) is 0 Å². The number of rotatable bonds is 6. The van der Waals surface area contributed by atoms with E-state index in [4.69, 9.17) is 0 Å². The van der Waals surface area contributed by atoms with Crippen LogP contribution in [-0.4, -0.2) is 63.2 Å². The molecule has 9 heteroatoms. The molecular weight excluding hydrogens is 328 g/mol. The Morgan fingerprint density at radius 1 is 1.42 bits per heavy atom. The fraction of sp³-hybridized carbons (Fsp3) is 0.529. The van der Waals surface area contributed by atoms with Gasteiger partial charge in [0.25, 0.3) is 0 Å². The molecule has 0 radical (unpaired) electrons. The van der Waals surface area contributed by atoms with Gasteiger partial charge in [-0.1, -0.05) is 13.8 Å². The zero-order valence-corrected chi connectivity index (χ0v) is 16.1. The van der Waals surface area contributed by atoms with Crippen LogP contribution in [0.15, 0.2) is 17.2 Å². The Labute approximate surface area is 156 Å². The highest BCUT2D eigenvalue weighted by Gasteiger charge is 2.35. The van der Waals surface area contributed by atoms with Crippen LogP contribution in [0.2, 0.25) is 0 Å². The summed E-state index contributed by atoms with van der Waals surface area (Å²) in [6.07, 6.45) is 4.51. The molecule has 0 saturated carbocycles. The Morgan fingerprint density at radius 3 is 2.85 bits per heavy atom. The van der Waals surface area contributed by atoms with Gasteiger partial charge in [-0.15, -0.1) is 0 Å². The minimum Gasteiger partial charge on any atom is -0.396 e. The van der Waals surface area contributed by atoms with E-state index in [-0.39, 0.29) is 20.2 Å². The first-order valence-electron chi connectivity index (χ1n) is 8.95. The van der Waals surface area contributed by atoms with E-state index >= 15 is 0 Å². The standard InChI is InChI=1S/C17H27B2N5O2/c1-12-15(21-16(22-18-10-25)23-19-11-26)7-13(8-20-12)14-5-6-24(4)9-17(14,2)3/h7-8,10-11,14,18-19H,5-6,9H2,1-4H3,(H2,21,22,23). The summed E-state index contributed by atoms with van der Waals surface area (Å²) in [6, 6.07) is 2.11. The second-order valence-corrected chi connectivity index (χ2v) is 7.50. The molecule has 2 heterocycles. The van der Waals surface area contributed by atoms with E-state index in [1.165, 1.54) is 5.56 Å². The first-order chi connectivity index (χ1) is 12.4. The maximum atomic E-state index is 10.6. The summed E-state index contributed by atoms with van der Waals surface area (Å²) < 4.78 is 0. The molecule has 0 aromatic carbocycles. The van der Waals surface area contributed by atoms with Crippen molar-refractivity contribution in [2.24, 2.45) is 10.3 Å². The number of hydrogen-bond donors (Lipinski definition) is 2. The van der Waals surface area contributed by atoms with Crippen molar-refractivity contribution < 1.29 is 9.59 Å². The molecule has 138 valence electrons. The summed E-state index contributed by atoms with van der Waals surface area (Å²) in [5, 5.41) is 6.06. The molecule has 1 aromatic rings. The van der Waals surface area contributed by atoms with Crippen molar-refractivity contribution in [3.05, 3.63) is 23.5 Å². The van der Waals surface area contributed by atoms with E-state index in [9.17, 15) is 9.59 Å². The van der Waals surface area contributed by atoms with Gasteiger partial charge in [-0.2, -0.15) is 0 Å². The van der Waals surface area contributed by atoms with Crippen molar-refractivity contribution in [1.29, 1.82) is 0 Å². The molecule has 0 spiro atoms. The van der Waals surface area contributed by atoms with E-state index < -0.39 is 0 Å². The Hall–Kier alpha value is -2.15. The fourth-order valence-electron chi connectivity index (χ4n) is 3.64. The molecule has 0 amide bonds. The summed E-state index contributed by atoms with van der Waals surface area (Å²) in [7, 11) is 2.31. The summed E-state index contributed by atoms with van der Waals surface area (Å²) >= 11 is 0. The Kier molecular flexibility index (Phi) is 6.97. The van der Waals surface area contributed by atoms with Crippen LogP contribution in [0.4, 0.5) is 5.69 Å². The van der Waals surface area contributed by atoms with Gasteiger partial charge in [0.05, 0.1) is 11.4 Å². The number of anilines is 1. The second kappa shape index (κ2) is 8.98. The minimum atomic E-state index is 0.0301. The molecule has 1 aromatic heterocycles. The van der Waals surface area contributed by atoms with Crippen molar-refractivity contribution >= 4 is 38.8 Å². The fourth-order valence-corrected chi connectivity index (χ4v) is 3.64. The molecule has 2 rings (SSSR count). The van der Waals surface area contributed by atoms with Crippen molar-refractivity contribution in [2.45, 2.75) is 33.1 Å². The third kappa shape index (κ3) is 5.17. The van der Waals surface area contributed by atoms with E-state index in [0.29, 0.717) is 18.1 Å². The highest BCUT2D eigenvalue weighted by atomic mass is 16.1. The van der Waals surface area contributed by atoms with Gasteiger partial charge < -0.3 is 29.9 Å². The average molecular weight is 355 g/mol. The van der Waals surface area contributed by atoms with E-state index in [1.54, 1.807) is 0 Å². The number of pyridine rings is 1. The SMILES string of the molecule is Cc1ncc(C2CCN(C)CC2(C)C)cc1N/C(=N/BC=O)NBC=O. The lowest BCUT2D eigenvalue weighted by molar-refractivity contribution is 0.114. The largest absolute Gasteiger partial charge is 0.396 e. The molecule has 1 unspecified atom stereocenters. The molecule has 1 atom stereocenters. The molecule has 1 aliphatic rings. The first kappa shape index (κ1) is 20.2. The van der Waals surface area contributed by atoms with Crippen LogP contribution in [-0.2, 0) is 9.59 Å². The second-order valence-electron chi connectivity index (χ2n) is 7.50. The van der Waals surface area contributed by atoms with Crippen LogP contribution >= 0.6 is 0 Å². The topological polar surface area (TPSA) is 86.7 Å². The number of carbonyl (C=O) groups excluding carboxylic acids is 2. The monoisotopic (exact) mass is 355 g/mol. The molecule has 2 N–H and O–H groups in total. The van der Waals surface area contributed by atoms with E-state index in [2.05, 4.69) is 52.3 Å². The molecule has 26 heavy (non-hydrogen) atoms. The van der Waals surface area contributed by atoms with Crippen LogP contribution < -0.4 is 10.5 Å². The van der Waals surface area contributed by atoms with Crippen molar-refractivity contribution in [1.82, 2.24) is 15.1 Å². The number of hydrogen-bond acceptors (Lipinski definition) is 5. The first-order valence-corrected chi connectivity index (χ1v) is 8.95. The molecular formula is C17H27B2N5O2. The van der Waals surface area contributed by atoms with Crippen LogP contribution in [0.1, 0.15) is 37.4 Å². The quantitative estimate of drug-likeness (QED) is 0.330. The summed E-state index contributed by atoms with van der Waals surface area (Å²) in [4.78, 5) is 32.3. The van der Waals surface area contributed by atoms with E-state index in [0.717, 1.165) is 37.1 Å². The van der Waals surface area contributed by atoms with Gasteiger partial charge in [-0.05, 0) is 49.9 Å². The zero-order valence-electron chi connectivity index (χ0n) is 16.1. The Bertz CT molecular complexity index is 681. The third-order valence-electron chi connectivity index (χ3n) is 4.86. The lowest BCUT2D eigenvalue weighted by Crippen LogP contribution is -2.42. The summed E-state index contributed by atoms with van der Waals surface area (Å²) in [5.74, 6) is 0.819. The highest BCUT2D eigenvalue weighted by Crippen LogP contribution is 2.42. The predicted octanol–water partition coefficient (Wildman–Crippen LogP) is 0.276. The zero-order chi connectivity index (χ0) is 19.2. The number of carbonyl (C=O) groups is 2. The number of piperidine rings is 1. The molecule has 1 saturated heterocycles. The molecule has 0 bridgehead atoms. The van der Waals surface area contributed by atoms with Crippen molar-refractivity contribution in [2.75, 3.05) is 25.5 Å². The number of nitrogens with one attached hydrogen (secondary N) is 2. The highest BCUT2D eigenvalue weighted by molar-refractivity contribution is 6.69. The average Bonchev–Trinajstić information content (AvgIpc) is 2.58. The smallest absolute Gasteiger partial charge is 0.338 e. The number of likely N-dealkylation sites (tertiary alicyclic amines) is 1. The third-order valence-corrected chi connectivity index (χ3v) is 4.86. The Morgan fingerprint density at radius 2 is 2.19 bits per heavy atom. The van der Waals surface area contributed by atoms with Gasteiger partial charge in [-0.3, -0.25) is 4.98 Å². The van der Waals surface area contributed by atoms with Crippen LogP contribution in [0.25, 0.3) is 0 Å². The lowest BCUT2D eigenvalue weighted by atomic mass is 9.71. The van der Waals surface area contributed by atoms with E-state index in [1.807, 2.05) is 13.1 Å². The van der Waals surface area contributed by atoms with Gasteiger partial charge in [-0.25, -0.2) is 0 Å². The molecule has 1 aliphatic heterocycles. The predicted molar refractivity (Wildman–Crippen MR) is 110 cm³/mol.